The summed E-state index contributed by atoms with van der Waals surface area (Å²) in [6, 6.07) is 85.2. The lowest BCUT2D eigenvalue weighted by molar-refractivity contribution is 1.17. The largest absolute Gasteiger partial charge is 0.309 e. The normalized spacial score (nSPS) is 11.9. The third-order valence-corrected chi connectivity index (χ3v) is 16.7. The lowest BCUT2D eigenvalue weighted by Gasteiger charge is -2.35. The summed E-state index contributed by atoms with van der Waals surface area (Å²) in [5.41, 5.74) is 9.58. The molecular formula is C54H38N2Si. The second-order valence-electron chi connectivity index (χ2n) is 14.8. The van der Waals surface area contributed by atoms with E-state index in [1.165, 1.54) is 81.2 Å². The highest BCUT2D eigenvalue weighted by Gasteiger charge is 2.43. The van der Waals surface area contributed by atoms with E-state index in [1.807, 2.05) is 0 Å². The third kappa shape index (κ3) is 5.10. The maximum Gasteiger partial charge on any atom is 0.181 e. The van der Waals surface area contributed by atoms with E-state index in [-0.39, 0.29) is 0 Å². The zero-order chi connectivity index (χ0) is 37.8. The number of hydrogen-bond donors (Lipinski definition) is 0. The zero-order valence-electron chi connectivity index (χ0n) is 31.3. The highest BCUT2D eigenvalue weighted by molar-refractivity contribution is 7.20. The van der Waals surface area contributed by atoms with E-state index in [2.05, 4.69) is 240 Å². The highest BCUT2D eigenvalue weighted by atomic mass is 28.3. The fraction of sp³-hybridized carbons (Fsp3) is 0. The molecule has 0 atom stereocenters. The minimum Gasteiger partial charge on any atom is -0.309 e. The molecule has 2 heterocycles. The van der Waals surface area contributed by atoms with Crippen molar-refractivity contribution < 1.29 is 0 Å². The smallest absolute Gasteiger partial charge is 0.181 e. The number of hydrogen-bond acceptors (Lipinski definition) is 0. The monoisotopic (exact) mass is 742 g/mol. The first-order valence-corrected chi connectivity index (χ1v) is 21.7. The van der Waals surface area contributed by atoms with Crippen LogP contribution in [0.25, 0.3) is 66.1 Å². The second-order valence-corrected chi connectivity index (χ2v) is 18.6. The van der Waals surface area contributed by atoms with Crippen LogP contribution in [0.2, 0.25) is 0 Å². The van der Waals surface area contributed by atoms with Crippen molar-refractivity contribution in [2.75, 3.05) is 0 Å². The lowest BCUT2D eigenvalue weighted by Crippen LogP contribution is -2.75. The van der Waals surface area contributed by atoms with Crippen LogP contribution >= 0.6 is 0 Å². The van der Waals surface area contributed by atoms with E-state index in [0.29, 0.717) is 0 Å². The topological polar surface area (TPSA) is 9.86 Å². The molecule has 0 radical (unpaired) electrons. The van der Waals surface area contributed by atoms with Gasteiger partial charge in [0, 0.05) is 32.8 Å². The van der Waals surface area contributed by atoms with Crippen molar-refractivity contribution in [1.29, 1.82) is 0 Å². The minimum absolute atomic E-state index is 1.15. The van der Waals surface area contributed by atoms with Gasteiger partial charge in [-0.05, 0) is 62.7 Å². The molecule has 0 N–H and O–H groups in total. The Morgan fingerprint density at radius 2 is 0.789 bits per heavy atom. The lowest BCUT2D eigenvalue weighted by atomic mass is 10.0. The summed E-state index contributed by atoms with van der Waals surface area (Å²) in [5.74, 6) is 0. The Morgan fingerprint density at radius 3 is 1.42 bits per heavy atom. The van der Waals surface area contributed by atoms with Gasteiger partial charge in [0.25, 0.3) is 0 Å². The molecule has 0 aliphatic carbocycles. The number of nitrogens with zero attached hydrogens (tertiary/aromatic N) is 2. The average Bonchev–Trinajstić information content (AvgIpc) is 3.81. The van der Waals surface area contributed by atoms with Crippen LogP contribution in [-0.4, -0.2) is 17.2 Å². The number of aromatic nitrogens is 2. The average molecular weight is 743 g/mol. The first-order chi connectivity index (χ1) is 28.3. The molecule has 11 rings (SSSR count). The molecule has 3 heteroatoms. The van der Waals surface area contributed by atoms with Gasteiger partial charge in [0.1, 0.15) is 0 Å². The van der Waals surface area contributed by atoms with Crippen molar-refractivity contribution in [3.8, 4) is 22.5 Å². The quantitative estimate of drug-likeness (QED) is 0.114. The minimum atomic E-state index is -2.89. The molecule has 0 aliphatic rings. The molecule has 57 heavy (non-hydrogen) atoms. The number of rotatable bonds is 7. The molecule has 0 saturated heterocycles. The molecule has 9 aromatic carbocycles. The summed E-state index contributed by atoms with van der Waals surface area (Å²) in [6.07, 6.45) is 0. The molecule has 0 saturated carbocycles. The standard InChI is InChI=1S/C54H38N2Si/c1-5-20-39(21-6-1)44-28-13-16-32-49(44)56-51-34-18-15-30-46(51)48-38-40(36-37-52(48)56)55-50-33-17-14-29-45(50)47-31-19-35-53(54(47)55)57(41-22-7-2-8-23-41,42-24-9-3-10-25-42)43-26-11-4-12-27-43/h1-38H. The van der Waals surface area contributed by atoms with Gasteiger partial charge in [-0.1, -0.05) is 194 Å². The molecule has 0 spiro atoms. The van der Waals surface area contributed by atoms with Crippen LogP contribution in [0, 0.1) is 0 Å². The van der Waals surface area contributed by atoms with E-state index in [4.69, 9.17) is 0 Å². The van der Waals surface area contributed by atoms with Crippen molar-refractivity contribution in [1.82, 2.24) is 9.13 Å². The number of para-hydroxylation sites is 4. The zero-order valence-corrected chi connectivity index (χ0v) is 32.3. The fourth-order valence-electron chi connectivity index (χ4n) is 9.51. The van der Waals surface area contributed by atoms with E-state index < -0.39 is 8.07 Å². The van der Waals surface area contributed by atoms with Crippen LogP contribution in [0.3, 0.4) is 0 Å². The summed E-state index contributed by atoms with van der Waals surface area (Å²) in [6.45, 7) is 0. The molecule has 0 bridgehead atoms. The molecule has 0 amide bonds. The Balaban J connectivity index is 1.25. The Kier molecular flexibility index (Phi) is 7.87. The van der Waals surface area contributed by atoms with Crippen LogP contribution in [0.15, 0.2) is 231 Å². The van der Waals surface area contributed by atoms with Crippen molar-refractivity contribution in [2.45, 2.75) is 0 Å². The van der Waals surface area contributed by atoms with Crippen LogP contribution in [0.5, 0.6) is 0 Å². The van der Waals surface area contributed by atoms with Crippen molar-refractivity contribution in [3.63, 3.8) is 0 Å². The molecular weight excluding hydrogens is 705 g/mol. The molecule has 11 aromatic rings. The Labute approximate surface area is 333 Å². The fourth-order valence-corrected chi connectivity index (χ4v) is 14.5. The first-order valence-electron chi connectivity index (χ1n) is 19.7. The van der Waals surface area contributed by atoms with E-state index in [9.17, 15) is 0 Å². The van der Waals surface area contributed by atoms with Gasteiger partial charge in [-0.3, -0.25) is 0 Å². The predicted molar refractivity (Wildman–Crippen MR) is 244 cm³/mol. The first kappa shape index (κ1) is 33.2. The van der Waals surface area contributed by atoms with E-state index in [1.54, 1.807) is 0 Å². The van der Waals surface area contributed by atoms with Gasteiger partial charge in [-0.15, -0.1) is 0 Å². The summed E-state index contributed by atoms with van der Waals surface area (Å²) < 4.78 is 5.01. The van der Waals surface area contributed by atoms with Gasteiger partial charge in [0.15, 0.2) is 8.07 Å². The number of fused-ring (bicyclic) bond motifs is 6. The second kappa shape index (κ2) is 13.5. The van der Waals surface area contributed by atoms with Crippen LogP contribution in [0.4, 0.5) is 0 Å². The van der Waals surface area contributed by atoms with E-state index >= 15 is 0 Å². The van der Waals surface area contributed by atoms with Crippen LogP contribution in [-0.2, 0) is 0 Å². The third-order valence-electron chi connectivity index (χ3n) is 11.9. The summed E-state index contributed by atoms with van der Waals surface area (Å²) in [7, 11) is -2.89. The van der Waals surface area contributed by atoms with Gasteiger partial charge in [-0.25, -0.2) is 0 Å². The molecule has 0 fully saturated rings. The van der Waals surface area contributed by atoms with Crippen molar-refractivity contribution >= 4 is 72.4 Å². The SMILES string of the molecule is c1ccc(-c2ccccc2-n2c3ccccc3c3cc(-n4c5ccccc5c5cccc([Si](c6ccccc6)(c6ccccc6)c6ccccc6)c54)ccc32)cc1. The molecule has 0 aliphatic heterocycles. The maximum absolute atomic E-state index is 2.89. The summed E-state index contributed by atoms with van der Waals surface area (Å²) in [5, 5.41) is 10.4. The van der Waals surface area contributed by atoms with Crippen molar-refractivity contribution in [2.24, 2.45) is 0 Å². The maximum atomic E-state index is 2.56. The van der Waals surface area contributed by atoms with Crippen LogP contribution < -0.4 is 20.7 Å². The van der Waals surface area contributed by atoms with Gasteiger partial charge in [-0.2, -0.15) is 0 Å². The van der Waals surface area contributed by atoms with Crippen molar-refractivity contribution in [3.05, 3.63) is 231 Å². The molecule has 268 valence electrons. The highest BCUT2D eigenvalue weighted by Crippen LogP contribution is 2.39. The van der Waals surface area contributed by atoms with Crippen LogP contribution in [0.1, 0.15) is 0 Å². The summed E-state index contributed by atoms with van der Waals surface area (Å²) in [4.78, 5) is 0. The Bertz CT molecular complexity index is 3120. The van der Waals surface area contributed by atoms with Gasteiger partial charge in [0.2, 0.25) is 0 Å². The van der Waals surface area contributed by atoms with Gasteiger partial charge in [0.05, 0.1) is 27.8 Å². The molecule has 2 nitrogen and oxygen atoms in total. The number of benzene rings is 9. The molecule has 2 aromatic heterocycles. The predicted octanol–water partition coefficient (Wildman–Crippen LogP) is 10.9. The summed E-state index contributed by atoms with van der Waals surface area (Å²) >= 11 is 0. The van der Waals surface area contributed by atoms with E-state index in [0.717, 1.165) is 5.69 Å². The Morgan fingerprint density at radius 1 is 0.316 bits per heavy atom. The Hall–Kier alpha value is -7.20. The molecule has 0 unspecified atom stereocenters. The van der Waals surface area contributed by atoms with Gasteiger partial charge < -0.3 is 9.13 Å². The van der Waals surface area contributed by atoms with Gasteiger partial charge >= 0.3 is 0 Å².